The number of ether oxygens (including phenoxy) is 1. The molecule has 0 unspecified atom stereocenters. The number of carbonyl (C=O) groups is 2. The van der Waals surface area contributed by atoms with Crippen molar-refractivity contribution >= 4 is 20.1 Å². The van der Waals surface area contributed by atoms with E-state index in [1.165, 1.54) is 0 Å². The van der Waals surface area contributed by atoms with E-state index in [9.17, 15) is 9.59 Å². The van der Waals surface area contributed by atoms with Crippen molar-refractivity contribution in [1.82, 2.24) is 0 Å². The lowest BCUT2D eigenvalue weighted by molar-refractivity contribution is -0.147. The average molecular weight is 381 g/mol. The molecule has 4 nitrogen and oxygen atoms in total. The highest BCUT2D eigenvalue weighted by Crippen LogP contribution is 2.38. The molecule has 26 heavy (non-hydrogen) atoms. The topological polar surface area (TPSA) is 52.6 Å². The highest BCUT2D eigenvalue weighted by Gasteiger charge is 2.40. The van der Waals surface area contributed by atoms with Gasteiger partial charge in [-0.05, 0) is 62.9 Å². The summed E-state index contributed by atoms with van der Waals surface area (Å²) in [5.74, 6) is 0.0477. The summed E-state index contributed by atoms with van der Waals surface area (Å²) >= 11 is 0. The molecule has 0 aliphatic heterocycles. The molecule has 0 spiro atoms. The van der Waals surface area contributed by atoms with Crippen LogP contribution >= 0.6 is 0 Å². The van der Waals surface area contributed by atoms with Crippen LogP contribution in [0.2, 0.25) is 18.1 Å². The molecule has 0 bridgehead atoms. The van der Waals surface area contributed by atoms with Crippen LogP contribution in [0.3, 0.4) is 0 Å². The molecule has 0 amide bonds. The first kappa shape index (κ1) is 22.8. The molecular formula is C21H36O4Si. The predicted octanol–water partition coefficient (Wildman–Crippen LogP) is 5.34. The number of carbonyl (C=O) groups excluding carboxylic acids is 2. The number of ketones is 1. The van der Waals surface area contributed by atoms with Gasteiger partial charge in [-0.3, -0.25) is 9.59 Å². The minimum Gasteiger partial charge on any atom is -0.463 e. The van der Waals surface area contributed by atoms with Crippen molar-refractivity contribution in [2.75, 3.05) is 0 Å². The summed E-state index contributed by atoms with van der Waals surface area (Å²) in [5.41, 5.74) is 0.851. The standard InChI is InChI=1S/C21H36O4Si/c1-16(2)24-20(23)13-11-9-8-10-12-17-14-18(15-19(17)22)25-26(6,7)21(3,4)5/h8,10,14,16,18H,9,11-13,15H2,1-7H3/b10-8-/t18-/m1/s1. The molecule has 0 saturated carbocycles. The van der Waals surface area contributed by atoms with E-state index < -0.39 is 8.32 Å². The normalized spacial score (nSPS) is 18.7. The van der Waals surface area contributed by atoms with Crippen molar-refractivity contribution in [1.29, 1.82) is 0 Å². The fraction of sp³-hybridized carbons (Fsp3) is 0.714. The monoisotopic (exact) mass is 380 g/mol. The molecule has 1 rings (SSSR count). The van der Waals surface area contributed by atoms with Gasteiger partial charge in [0.05, 0.1) is 12.2 Å². The van der Waals surface area contributed by atoms with E-state index in [0.717, 1.165) is 18.4 Å². The second-order valence-electron chi connectivity index (χ2n) is 8.84. The Hall–Kier alpha value is -1.20. The zero-order valence-electron chi connectivity index (χ0n) is 17.6. The fourth-order valence-corrected chi connectivity index (χ4v) is 3.78. The van der Waals surface area contributed by atoms with Gasteiger partial charge < -0.3 is 9.16 Å². The van der Waals surface area contributed by atoms with Gasteiger partial charge >= 0.3 is 5.97 Å². The first-order valence-corrected chi connectivity index (χ1v) is 12.6. The highest BCUT2D eigenvalue weighted by molar-refractivity contribution is 6.74. The third-order valence-corrected chi connectivity index (χ3v) is 9.51. The number of hydrogen-bond donors (Lipinski definition) is 0. The Morgan fingerprint density at radius 3 is 2.54 bits per heavy atom. The van der Waals surface area contributed by atoms with E-state index in [4.69, 9.17) is 9.16 Å². The van der Waals surface area contributed by atoms with Crippen LogP contribution < -0.4 is 0 Å². The molecular weight excluding hydrogens is 344 g/mol. The van der Waals surface area contributed by atoms with Crippen molar-refractivity contribution in [2.45, 2.75) is 97.1 Å². The third kappa shape index (κ3) is 7.58. The molecule has 0 radical (unpaired) electrons. The second-order valence-corrected chi connectivity index (χ2v) is 13.6. The molecule has 0 N–H and O–H groups in total. The molecule has 0 aromatic heterocycles. The van der Waals surface area contributed by atoms with Crippen LogP contribution in [0.5, 0.6) is 0 Å². The van der Waals surface area contributed by atoms with E-state index in [0.29, 0.717) is 19.3 Å². The van der Waals surface area contributed by atoms with E-state index in [-0.39, 0.29) is 29.0 Å². The fourth-order valence-electron chi connectivity index (χ4n) is 2.52. The zero-order valence-corrected chi connectivity index (χ0v) is 18.6. The molecule has 0 heterocycles. The molecule has 148 valence electrons. The number of unbranched alkanes of at least 4 members (excludes halogenated alkanes) is 1. The maximum Gasteiger partial charge on any atom is 0.306 e. The Labute approximate surface area is 160 Å². The Morgan fingerprint density at radius 2 is 1.96 bits per heavy atom. The largest absolute Gasteiger partial charge is 0.463 e. The molecule has 1 aliphatic rings. The SMILES string of the molecule is CC(C)OC(=O)CCC/C=C\CC1=C[C@@H](O[Si](C)(C)C(C)(C)C)CC1=O. The summed E-state index contributed by atoms with van der Waals surface area (Å²) in [5, 5.41) is 0.142. The lowest BCUT2D eigenvalue weighted by atomic mass is 10.1. The van der Waals surface area contributed by atoms with Crippen LogP contribution in [0.4, 0.5) is 0 Å². The van der Waals surface area contributed by atoms with Crippen LogP contribution in [0.25, 0.3) is 0 Å². The maximum atomic E-state index is 12.2. The summed E-state index contributed by atoms with van der Waals surface area (Å²) in [7, 11) is -1.86. The van der Waals surface area contributed by atoms with Crippen LogP contribution in [0.15, 0.2) is 23.8 Å². The van der Waals surface area contributed by atoms with Crippen molar-refractivity contribution in [3.05, 3.63) is 23.8 Å². The molecule has 0 aromatic carbocycles. The third-order valence-electron chi connectivity index (χ3n) is 5.01. The Morgan fingerprint density at radius 1 is 1.31 bits per heavy atom. The van der Waals surface area contributed by atoms with Gasteiger partial charge in [0, 0.05) is 12.8 Å². The Balaban J connectivity index is 2.40. The molecule has 0 aromatic rings. The number of rotatable bonds is 9. The van der Waals surface area contributed by atoms with Crippen molar-refractivity contribution < 1.29 is 18.8 Å². The molecule has 5 heteroatoms. The second kappa shape index (κ2) is 9.65. The summed E-state index contributed by atoms with van der Waals surface area (Å²) in [4.78, 5) is 23.7. The molecule has 0 fully saturated rings. The zero-order chi connectivity index (χ0) is 20.0. The van der Waals surface area contributed by atoms with Gasteiger partial charge in [-0.25, -0.2) is 0 Å². The average Bonchev–Trinajstić information content (AvgIpc) is 2.79. The lowest BCUT2D eigenvalue weighted by Gasteiger charge is -2.37. The van der Waals surface area contributed by atoms with Crippen LogP contribution in [-0.2, 0) is 18.8 Å². The van der Waals surface area contributed by atoms with E-state index in [1.807, 2.05) is 32.1 Å². The number of hydrogen-bond acceptors (Lipinski definition) is 4. The summed E-state index contributed by atoms with van der Waals surface area (Å²) < 4.78 is 11.4. The summed E-state index contributed by atoms with van der Waals surface area (Å²) in [6.07, 6.45) is 9.08. The molecule has 0 saturated heterocycles. The van der Waals surface area contributed by atoms with Crippen molar-refractivity contribution in [2.24, 2.45) is 0 Å². The lowest BCUT2D eigenvalue weighted by Crippen LogP contribution is -2.43. The van der Waals surface area contributed by atoms with Gasteiger partial charge in [-0.15, -0.1) is 0 Å². The quantitative estimate of drug-likeness (QED) is 0.234. The number of allylic oxidation sites excluding steroid dienone is 3. The first-order valence-electron chi connectivity index (χ1n) is 9.68. The summed E-state index contributed by atoms with van der Waals surface area (Å²) in [6, 6.07) is 0. The molecule has 1 aliphatic carbocycles. The minimum absolute atomic E-state index is 0.0557. The summed E-state index contributed by atoms with van der Waals surface area (Å²) in [6.45, 7) is 14.8. The molecule has 1 atom stereocenters. The van der Waals surface area contributed by atoms with Gasteiger partial charge in [0.1, 0.15) is 0 Å². The minimum atomic E-state index is -1.86. The van der Waals surface area contributed by atoms with E-state index in [2.05, 4.69) is 33.9 Å². The smallest absolute Gasteiger partial charge is 0.306 e. The van der Waals surface area contributed by atoms with Crippen LogP contribution in [0, 0.1) is 0 Å². The van der Waals surface area contributed by atoms with Gasteiger partial charge in [0.2, 0.25) is 0 Å². The predicted molar refractivity (Wildman–Crippen MR) is 109 cm³/mol. The van der Waals surface area contributed by atoms with Gasteiger partial charge in [-0.1, -0.05) is 32.9 Å². The Bertz CT molecular complexity index is 553. The van der Waals surface area contributed by atoms with Gasteiger partial charge in [0.15, 0.2) is 14.1 Å². The van der Waals surface area contributed by atoms with Gasteiger partial charge in [0.25, 0.3) is 0 Å². The number of esters is 1. The van der Waals surface area contributed by atoms with E-state index >= 15 is 0 Å². The first-order chi connectivity index (χ1) is 11.9. The van der Waals surface area contributed by atoms with Crippen molar-refractivity contribution in [3.63, 3.8) is 0 Å². The van der Waals surface area contributed by atoms with Crippen molar-refractivity contribution in [3.8, 4) is 0 Å². The Kier molecular flexibility index (Phi) is 8.48. The van der Waals surface area contributed by atoms with Crippen LogP contribution in [0.1, 0.15) is 66.7 Å². The van der Waals surface area contributed by atoms with Crippen LogP contribution in [-0.4, -0.2) is 32.3 Å². The van der Waals surface area contributed by atoms with Gasteiger partial charge in [-0.2, -0.15) is 0 Å². The maximum absolute atomic E-state index is 12.2. The van der Waals surface area contributed by atoms with E-state index in [1.54, 1.807) is 0 Å². The number of Topliss-reactive ketones (excluding diaryl/α,β-unsaturated/α-hetero) is 1. The highest BCUT2D eigenvalue weighted by atomic mass is 28.4.